The summed E-state index contributed by atoms with van der Waals surface area (Å²) < 4.78 is 49.6. The summed E-state index contributed by atoms with van der Waals surface area (Å²) in [4.78, 5) is 4.05. The Morgan fingerprint density at radius 2 is 2.12 bits per heavy atom. The van der Waals surface area contributed by atoms with Crippen LogP contribution in [0, 0.1) is 11.6 Å². The van der Waals surface area contributed by atoms with Crippen LogP contribution in [0.5, 0.6) is 0 Å². The molecule has 1 fully saturated rings. The van der Waals surface area contributed by atoms with Crippen molar-refractivity contribution in [1.82, 2.24) is 10.6 Å². The van der Waals surface area contributed by atoms with Gasteiger partial charge in [0.15, 0.2) is 15.8 Å². The van der Waals surface area contributed by atoms with Crippen LogP contribution in [0.2, 0.25) is 0 Å². The average molecular weight is 473 g/mol. The summed E-state index contributed by atoms with van der Waals surface area (Å²) >= 11 is 0. The molecule has 24 heavy (non-hydrogen) atoms. The van der Waals surface area contributed by atoms with Crippen molar-refractivity contribution in [2.45, 2.75) is 25.3 Å². The molecule has 1 heterocycles. The summed E-state index contributed by atoms with van der Waals surface area (Å²) in [5.41, 5.74) is 0.415. The number of hydrogen-bond acceptors (Lipinski definition) is 3. The SMILES string of the molecule is CN=C(NCC(C)c1ccc(F)cc1F)NC1CCS(=O)(=O)C1.I. The van der Waals surface area contributed by atoms with Crippen molar-refractivity contribution in [2.75, 3.05) is 25.1 Å². The molecule has 0 amide bonds. The van der Waals surface area contributed by atoms with Gasteiger partial charge in [0.1, 0.15) is 11.6 Å². The van der Waals surface area contributed by atoms with Gasteiger partial charge in [-0.05, 0) is 18.1 Å². The molecular weight excluding hydrogens is 451 g/mol. The van der Waals surface area contributed by atoms with Crippen molar-refractivity contribution in [3.05, 3.63) is 35.4 Å². The predicted molar refractivity (Wildman–Crippen MR) is 102 cm³/mol. The van der Waals surface area contributed by atoms with Gasteiger partial charge in [-0.15, -0.1) is 24.0 Å². The number of hydrogen-bond donors (Lipinski definition) is 2. The highest BCUT2D eigenvalue weighted by Gasteiger charge is 2.28. The summed E-state index contributed by atoms with van der Waals surface area (Å²) in [6.45, 7) is 2.21. The Hall–Kier alpha value is -0.970. The molecule has 2 rings (SSSR count). The van der Waals surface area contributed by atoms with Gasteiger partial charge in [0.2, 0.25) is 0 Å². The molecule has 136 valence electrons. The molecule has 0 spiro atoms. The number of sulfone groups is 1. The van der Waals surface area contributed by atoms with Crippen LogP contribution in [0.3, 0.4) is 0 Å². The smallest absolute Gasteiger partial charge is 0.191 e. The van der Waals surface area contributed by atoms with E-state index in [0.29, 0.717) is 24.5 Å². The first-order valence-electron chi connectivity index (χ1n) is 7.43. The van der Waals surface area contributed by atoms with Crippen LogP contribution >= 0.6 is 24.0 Å². The second-order valence-electron chi connectivity index (χ2n) is 5.76. The van der Waals surface area contributed by atoms with Crippen molar-refractivity contribution in [1.29, 1.82) is 0 Å². The van der Waals surface area contributed by atoms with Gasteiger partial charge < -0.3 is 10.6 Å². The molecule has 1 aromatic rings. The molecule has 0 bridgehead atoms. The molecule has 0 aromatic heterocycles. The zero-order valence-electron chi connectivity index (χ0n) is 13.6. The van der Waals surface area contributed by atoms with Crippen molar-refractivity contribution in [3.63, 3.8) is 0 Å². The minimum atomic E-state index is -2.96. The molecule has 1 aliphatic heterocycles. The lowest BCUT2D eigenvalue weighted by atomic mass is 10.0. The molecule has 1 aliphatic rings. The number of nitrogens with zero attached hydrogens (tertiary/aromatic N) is 1. The quantitative estimate of drug-likeness (QED) is 0.399. The Balaban J connectivity index is 0.00000288. The largest absolute Gasteiger partial charge is 0.356 e. The van der Waals surface area contributed by atoms with E-state index >= 15 is 0 Å². The maximum atomic E-state index is 13.7. The lowest BCUT2D eigenvalue weighted by molar-refractivity contribution is 0.554. The van der Waals surface area contributed by atoms with E-state index < -0.39 is 21.5 Å². The van der Waals surface area contributed by atoms with Gasteiger partial charge >= 0.3 is 0 Å². The van der Waals surface area contributed by atoms with Gasteiger partial charge in [-0.3, -0.25) is 4.99 Å². The van der Waals surface area contributed by atoms with E-state index in [1.165, 1.54) is 12.1 Å². The van der Waals surface area contributed by atoms with Crippen LogP contribution in [0.15, 0.2) is 23.2 Å². The van der Waals surface area contributed by atoms with E-state index in [4.69, 9.17) is 0 Å². The van der Waals surface area contributed by atoms with Crippen LogP contribution in [0.1, 0.15) is 24.8 Å². The third kappa shape index (κ3) is 5.83. The van der Waals surface area contributed by atoms with E-state index in [1.54, 1.807) is 7.05 Å². The van der Waals surface area contributed by atoms with Gasteiger partial charge in [0.05, 0.1) is 11.5 Å². The molecule has 2 atom stereocenters. The average Bonchev–Trinajstić information content (AvgIpc) is 2.82. The van der Waals surface area contributed by atoms with E-state index in [1.807, 2.05) is 6.92 Å². The Labute approximate surface area is 158 Å². The maximum Gasteiger partial charge on any atom is 0.191 e. The number of aliphatic imine (C=N–C) groups is 1. The van der Waals surface area contributed by atoms with Gasteiger partial charge in [0.25, 0.3) is 0 Å². The Morgan fingerprint density at radius 3 is 2.67 bits per heavy atom. The molecule has 5 nitrogen and oxygen atoms in total. The maximum absolute atomic E-state index is 13.7. The number of benzene rings is 1. The summed E-state index contributed by atoms with van der Waals surface area (Å²) in [5, 5.41) is 6.11. The molecular formula is C15H22F2IN3O2S. The molecule has 0 radical (unpaired) electrons. The van der Waals surface area contributed by atoms with E-state index in [0.717, 1.165) is 6.07 Å². The predicted octanol–water partition coefficient (Wildman–Crippen LogP) is 2.04. The zero-order chi connectivity index (χ0) is 17.0. The third-order valence-electron chi connectivity index (χ3n) is 3.87. The van der Waals surface area contributed by atoms with Crippen molar-refractivity contribution in [2.24, 2.45) is 4.99 Å². The van der Waals surface area contributed by atoms with Crippen LogP contribution in [0.4, 0.5) is 8.78 Å². The summed E-state index contributed by atoms with van der Waals surface area (Å²) in [6, 6.07) is 3.36. The zero-order valence-corrected chi connectivity index (χ0v) is 16.7. The summed E-state index contributed by atoms with van der Waals surface area (Å²) in [7, 11) is -1.38. The summed E-state index contributed by atoms with van der Waals surface area (Å²) in [5.74, 6) is -0.632. The molecule has 0 saturated carbocycles. The second kappa shape index (κ2) is 8.93. The molecule has 2 unspecified atom stereocenters. The fraction of sp³-hybridized carbons (Fsp3) is 0.533. The van der Waals surface area contributed by atoms with E-state index in [9.17, 15) is 17.2 Å². The lowest BCUT2D eigenvalue weighted by Gasteiger charge is -2.19. The lowest BCUT2D eigenvalue weighted by Crippen LogP contribution is -2.45. The molecule has 1 aromatic carbocycles. The normalized spacial score (nSPS) is 21.0. The minimum Gasteiger partial charge on any atom is -0.356 e. The first-order chi connectivity index (χ1) is 10.8. The first-order valence-corrected chi connectivity index (χ1v) is 9.25. The molecule has 1 saturated heterocycles. The third-order valence-corrected chi connectivity index (χ3v) is 5.63. The molecule has 0 aliphatic carbocycles. The van der Waals surface area contributed by atoms with E-state index in [-0.39, 0.29) is 47.4 Å². The monoisotopic (exact) mass is 473 g/mol. The highest BCUT2D eigenvalue weighted by molar-refractivity contribution is 14.0. The molecule has 9 heteroatoms. The molecule has 2 N–H and O–H groups in total. The topological polar surface area (TPSA) is 70.6 Å². The fourth-order valence-electron chi connectivity index (χ4n) is 2.56. The van der Waals surface area contributed by atoms with Crippen LogP contribution in [-0.2, 0) is 9.84 Å². The van der Waals surface area contributed by atoms with Crippen LogP contribution in [0.25, 0.3) is 0 Å². The van der Waals surface area contributed by atoms with E-state index in [2.05, 4.69) is 15.6 Å². The number of rotatable bonds is 4. The van der Waals surface area contributed by atoms with Gasteiger partial charge in [-0.25, -0.2) is 17.2 Å². The highest BCUT2D eigenvalue weighted by Crippen LogP contribution is 2.19. The number of guanidine groups is 1. The number of nitrogens with one attached hydrogen (secondary N) is 2. The Bertz CT molecular complexity index is 698. The standard InChI is InChI=1S/C15H21F2N3O2S.HI/c1-10(13-4-3-11(16)7-14(13)17)8-19-15(18-2)20-12-5-6-23(21,22)9-12;/h3-4,7,10,12H,5-6,8-9H2,1-2H3,(H2,18,19,20);1H. The van der Waals surface area contributed by atoms with Crippen molar-refractivity contribution >= 4 is 39.8 Å². The number of halogens is 3. The van der Waals surface area contributed by atoms with Gasteiger partial charge in [-0.2, -0.15) is 0 Å². The van der Waals surface area contributed by atoms with Crippen LogP contribution in [-0.4, -0.2) is 45.5 Å². The first kappa shape index (κ1) is 21.1. The second-order valence-corrected chi connectivity index (χ2v) is 7.99. The fourth-order valence-corrected chi connectivity index (χ4v) is 4.23. The summed E-state index contributed by atoms with van der Waals surface area (Å²) in [6.07, 6.45) is 0.547. The minimum absolute atomic E-state index is 0. The Morgan fingerprint density at radius 1 is 1.42 bits per heavy atom. The van der Waals surface area contributed by atoms with Gasteiger partial charge in [0, 0.05) is 31.6 Å². The van der Waals surface area contributed by atoms with Crippen molar-refractivity contribution in [3.8, 4) is 0 Å². The van der Waals surface area contributed by atoms with Gasteiger partial charge in [-0.1, -0.05) is 13.0 Å². The van der Waals surface area contributed by atoms with Crippen LogP contribution < -0.4 is 10.6 Å². The Kier molecular flexibility index (Phi) is 7.84. The van der Waals surface area contributed by atoms with Crippen molar-refractivity contribution < 1.29 is 17.2 Å². The highest BCUT2D eigenvalue weighted by atomic mass is 127.